The number of anilines is 1. The molecule has 0 amide bonds. The molecule has 0 aromatic heterocycles. The Morgan fingerprint density at radius 2 is 2.23 bits per heavy atom. The average Bonchev–Trinajstić information content (AvgIpc) is 2.92. The van der Waals surface area contributed by atoms with Crippen LogP contribution >= 0.6 is 22.6 Å². The molecule has 0 aliphatic heterocycles. The second kappa shape index (κ2) is 3.74. The van der Waals surface area contributed by atoms with Crippen LogP contribution < -0.4 is 10.1 Å². The molecular weight excluding hydrogens is 277 g/mol. The van der Waals surface area contributed by atoms with Gasteiger partial charge < -0.3 is 10.1 Å². The van der Waals surface area contributed by atoms with Crippen molar-refractivity contribution in [2.45, 2.75) is 18.9 Å². The van der Waals surface area contributed by atoms with E-state index in [4.69, 9.17) is 4.74 Å². The highest BCUT2D eigenvalue weighted by Crippen LogP contribution is 2.35. The number of nitrogens with one attached hydrogen (secondary N) is 1. The normalized spacial score (nSPS) is 15.5. The molecular formula is C10H12INO. The van der Waals surface area contributed by atoms with Crippen molar-refractivity contribution in [1.29, 1.82) is 0 Å². The second-order valence-electron chi connectivity index (χ2n) is 3.18. The summed E-state index contributed by atoms with van der Waals surface area (Å²) in [6, 6.07) is 6.15. The second-order valence-corrected chi connectivity index (χ2v) is 4.35. The van der Waals surface area contributed by atoms with Crippen molar-refractivity contribution < 1.29 is 4.74 Å². The summed E-state index contributed by atoms with van der Waals surface area (Å²) in [4.78, 5) is 0. The van der Waals surface area contributed by atoms with Crippen molar-refractivity contribution in [3.8, 4) is 5.75 Å². The van der Waals surface area contributed by atoms with Gasteiger partial charge in [-0.15, -0.1) is 0 Å². The van der Waals surface area contributed by atoms with E-state index in [0.717, 1.165) is 11.4 Å². The number of hydrogen-bond donors (Lipinski definition) is 1. The molecule has 1 N–H and O–H groups in total. The minimum Gasteiger partial charge on any atom is -0.487 e. The molecule has 0 saturated heterocycles. The maximum absolute atomic E-state index is 5.81. The van der Waals surface area contributed by atoms with Gasteiger partial charge >= 0.3 is 0 Å². The fourth-order valence-electron chi connectivity index (χ4n) is 1.18. The number of ether oxygens (including phenoxy) is 1. The predicted molar refractivity (Wildman–Crippen MR) is 62.4 cm³/mol. The molecule has 1 aromatic carbocycles. The summed E-state index contributed by atoms with van der Waals surface area (Å²) in [7, 11) is 1.92. The van der Waals surface area contributed by atoms with Crippen molar-refractivity contribution in [2.75, 3.05) is 12.4 Å². The van der Waals surface area contributed by atoms with Crippen molar-refractivity contribution in [3.63, 3.8) is 0 Å². The highest BCUT2D eigenvalue weighted by Gasteiger charge is 2.25. The van der Waals surface area contributed by atoms with Crippen LogP contribution in [0.3, 0.4) is 0 Å². The lowest BCUT2D eigenvalue weighted by atomic mass is 10.3. The van der Waals surface area contributed by atoms with Gasteiger partial charge in [-0.05, 0) is 47.6 Å². The first-order valence-corrected chi connectivity index (χ1v) is 5.52. The quantitative estimate of drug-likeness (QED) is 0.864. The Morgan fingerprint density at radius 3 is 2.85 bits per heavy atom. The minimum atomic E-state index is 0.461. The van der Waals surface area contributed by atoms with Gasteiger partial charge in [0.15, 0.2) is 5.75 Å². The zero-order valence-electron chi connectivity index (χ0n) is 7.51. The molecule has 1 saturated carbocycles. The first-order chi connectivity index (χ1) is 6.31. The van der Waals surface area contributed by atoms with Gasteiger partial charge in [0, 0.05) is 7.05 Å². The summed E-state index contributed by atoms with van der Waals surface area (Å²) in [6.45, 7) is 0. The average molecular weight is 289 g/mol. The van der Waals surface area contributed by atoms with Gasteiger partial charge in [-0.25, -0.2) is 0 Å². The standard InChI is InChI=1S/C10H12INO/c1-12-9-4-2-3-8(11)10(9)13-7-5-6-7/h2-4,7,12H,5-6H2,1H3. The van der Waals surface area contributed by atoms with E-state index >= 15 is 0 Å². The fraction of sp³-hybridized carbons (Fsp3) is 0.400. The summed E-state index contributed by atoms with van der Waals surface area (Å²) >= 11 is 2.31. The predicted octanol–water partition coefficient (Wildman–Crippen LogP) is 2.87. The summed E-state index contributed by atoms with van der Waals surface area (Å²) in [5.41, 5.74) is 1.08. The molecule has 70 valence electrons. The molecule has 1 aliphatic carbocycles. The number of para-hydroxylation sites is 1. The van der Waals surface area contributed by atoms with Gasteiger partial charge in [-0.1, -0.05) is 6.07 Å². The Hall–Kier alpha value is -0.450. The lowest BCUT2D eigenvalue weighted by Crippen LogP contribution is -2.01. The molecule has 1 fully saturated rings. The Labute approximate surface area is 91.8 Å². The van der Waals surface area contributed by atoms with E-state index in [9.17, 15) is 0 Å². The molecule has 2 nitrogen and oxygen atoms in total. The van der Waals surface area contributed by atoms with Crippen LogP contribution in [0.4, 0.5) is 5.69 Å². The molecule has 2 rings (SSSR count). The van der Waals surface area contributed by atoms with Crippen LogP contribution in [0.1, 0.15) is 12.8 Å². The van der Waals surface area contributed by atoms with Gasteiger partial charge in [0.2, 0.25) is 0 Å². The van der Waals surface area contributed by atoms with Gasteiger partial charge in [0.1, 0.15) is 0 Å². The summed E-state index contributed by atoms with van der Waals surface area (Å²) in [6.07, 6.45) is 2.87. The largest absolute Gasteiger partial charge is 0.487 e. The molecule has 1 aliphatic rings. The van der Waals surface area contributed by atoms with Gasteiger partial charge in [0.05, 0.1) is 15.4 Å². The van der Waals surface area contributed by atoms with E-state index in [0.29, 0.717) is 6.10 Å². The van der Waals surface area contributed by atoms with Crippen LogP contribution in [0, 0.1) is 3.57 Å². The first-order valence-electron chi connectivity index (χ1n) is 4.44. The van der Waals surface area contributed by atoms with E-state index in [-0.39, 0.29) is 0 Å². The van der Waals surface area contributed by atoms with Crippen molar-refractivity contribution in [1.82, 2.24) is 0 Å². The smallest absolute Gasteiger partial charge is 0.156 e. The molecule has 0 atom stereocenters. The van der Waals surface area contributed by atoms with Gasteiger partial charge in [-0.2, -0.15) is 0 Å². The maximum atomic E-state index is 5.81. The third kappa shape index (κ3) is 2.07. The third-order valence-electron chi connectivity index (χ3n) is 2.05. The minimum absolute atomic E-state index is 0.461. The molecule has 1 aromatic rings. The molecule has 3 heteroatoms. The molecule has 0 heterocycles. The zero-order valence-corrected chi connectivity index (χ0v) is 9.67. The third-order valence-corrected chi connectivity index (χ3v) is 2.89. The van der Waals surface area contributed by atoms with E-state index < -0.39 is 0 Å². The van der Waals surface area contributed by atoms with Crippen LogP contribution in [0.2, 0.25) is 0 Å². The van der Waals surface area contributed by atoms with Crippen LogP contribution in [-0.4, -0.2) is 13.2 Å². The molecule has 13 heavy (non-hydrogen) atoms. The molecule has 0 spiro atoms. The van der Waals surface area contributed by atoms with E-state index in [2.05, 4.69) is 34.0 Å². The van der Waals surface area contributed by atoms with E-state index in [1.54, 1.807) is 0 Å². The first kappa shape index (κ1) is 9.12. The summed E-state index contributed by atoms with van der Waals surface area (Å²) < 4.78 is 6.99. The van der Waals surface area contributed by atoms with Crippen LogP contribution in [0.5, 0.6) is 5.75 Å². The Bertz CT molecular complexity index is 310. The SMILES string of the molecule is CNc1cccc(I)c1OC1CC1. The molecule has 0 radical (unpaired) electrons. The lowest BCUT2D eigenvalue weighted by Gasteiger charge is -2.11. The number of benzene rings is 1. The Morgan fingerprint density at radius 1 is 1.46 bits per heavy atom. The van der Waals surface area contributed by atoms with Crippen LogP contribution in [0.15, 0.2) is 18.2 Å². The lowest BCUT2D eigenvalue weighted by molar-refractivity contribution is 0.302. The zero-order chi connectivity index (χ0) is 9.26. The van der Waals surface area contributed by atoms with E-state index in [1.165, 1.54) is 16.4 Å². The summed E-state index contributed by atoms with van der Waals surface area (Å²) in [5, 5.41) is 3.14. The Balaban J connectivity index is 2.27. The van der Waals surface area contributed by atoms with Crippen molar-refractivity contribution in [2.24, 2.45) is 0 Å². The summed E-state index contributed by atoms with van der Waals surface area (Å²) in [5.74, 6) is 1.01. The van der Waals surface area contributed by atoms with E-state index in [1.807, 2.05) is 19.2 Å². The van der Waals surface area contributed by atoms with Crippen LogP contribution in [0.25, 0.3) is 0 Å². The Kier molecular flexibility index (Phi) is 2.62. The monoisotopic (exact) mass is 289 g/mol. The number of halogens is 1. The molecule has 0 bridgehead atoms. The highest BCUT2D eigenvalue weighted by molar-refractivity contribution is 14.1. The fourth-order valence-corrected chi connectivity index (χ4v) is 1.80. The molecule has 0 unspecified atom stereocenters. The van der Waals surface area contributed by atoms with Gasteiger partial charge in [0.25, 0.3) is 0 Å². The van der Waals surface area contributed by atoms with Crippen molar-refractivity contribution in [3.05, 3.63) is 21.8 Å². The highest BCUT2D eigenvalue weighted by atomic mass is 127. The maximum Gasteiger partial charge on any atom is 0.156 e. The topological polar surface area (TPSA) is 21.3 Å². The number of hydrogen-bond acceptors (Lipinski definition) is 2. The number of rotatable bonds is 3. The van der Waals surface area contributed by atoms with Crippen molar-refractivity contribution >= 4 is 28.3 Å². The van der Waals surface area contributed by atoms with Crippen LogP contribution in [-0.2, 0) is 0 Å². The van der Waals surface area contributed by atoms with Gasteiger partial charge in [-0.3, -0.25) is 0 Å².